The number of nitrogens with zero attached hydrogens (tertiary/aromatic N) is 1. The molecule has 1 aromatic carbocycles. The topological polar surface area (TPSA) is 38.8 Å². The van der Waals surface area contributed by atoms with Crippen LogP contribution in [0.25, 0.3) is 0 Å². The van der Waals surface area contributed by atoms with Gasteiger partial charge in [0, 0.05) is 19.2 Å². The first-order valence-corrected chi connectivity index (χ1v) is 7.69. The molecule has 0 saturated heterocycles. The van der Waals surface area contributed by atoms with Crippen molar-refractivity contribution in [1.82, 2.24) is 4.90 Å². The lowest BCUT2D eigenvalue weighted by atomic mass is 10.1. The summed E-state index contributed by atoms with van der Waals surface area (Å²) in [4.78, 5) is 14.7. The van der Waals surface area contributed by atoms with Gasteiger partial charge in [0.1, 0.15) is 11.5 Å². The average Bonchev–Trinajstić information content (AvgIpc) is 2.53. The van der Waals surface area contributed by atoms with E-state index < -0.39 is 0 Å². The van der Waals surface area contributed by atoms with Crippen molar-refractivity contribution in [2.75, 3.05) is 27.3 Å². The largest absolute Gasteiger partial charge is 0.497 e. The molecule has 0 atom stereocenters. The second-order valence-electron chi connectivity index (χ2n) is 5.07. The Kier molecular flexibility index (Phi) is 7.65. The molecule has 0 bridgehead atoms. The van der Waals surface area contributed by atoms with Crippen LogP contribution in [0.1, 0.15) is 49.9 Å². The molecular weight excluding hydrogens is 266 g/mol. The molecule has 0 radical (unpaired) electrons. The summed E-state index contributed by atoms with van der Waals surface area (Å²) >= 11 is 0. The van der Waals surface area contributed by atoms with Crippen LogP contribution in [0.15, 0.2) is 18.2 Å². The quantitative estimate of drug-likeness (QED) is 0.696. The number of hydrogen-bond donors (Lipinski definition) is 0. The predicted molar refractivity (Wildman–Crippen MR) is 85.3 cm³/mol. The first-order valence-electron chi connectivity index (χ1n) is 7.69. The summed E-state index contributed by atoms with van der Waals surface area (Å²) in [6.45, 7) is 5.86. The van der Waals surface area contributed by atoms with Gasteiger partial charge in [-0.05, 0) is 25.0 Å². The molecule has 0 aliphatic carbocycles. The van der Waals surface area contributed by atoms with Crippen LogP contribution in [0.2, 0.25) is 0 Å². The molecule has 1 aromatic rings. The van der Waals surface area contributed by atoms with Crippen LogP contribution < -0.4 is 9.47 Å². The number of ether oxygens (including phenoxy) is 2. The van der Waals surface area contributed by atoms with Crippen LogP contribution in [0.5, 0.6) is 11.5 Å². The molecule has 0 aliphatic rings. The van der Waals surface area contributed by atoms with Gasteiger partial charge >= 0.3 is 0 Å². The highest BCUT2D eigenvalue weighted by Gasteiger charge is 2.19. The molecule has 0 aromatic heterocycles. The van der Waals surface area contributed by atoms with Crippen LogP contribution in [-0.4, -0.2) is 38.1 Å². The molecule has 118 valence electrons. The number of carbonyl (C=O) groups excluding carboxylic acids is 1. The molecule has 0 spiro atoms. The van der Waals surface area contributed by atoms with Gasteiger partial charge < -0.3 is 14.4 Å². The molecule has 1 amide bonds. The van der Waals surface area contributed by atoms with E-state index in [1.165, 1.54) is 0 Å². The molecule has 0 fully saturated rings. The van der Waals surface area contributed by atoms with Crippen LogP contribution in [0.3, 0.4) is 0 Å². The van der Waals surface area contributed by atoms with E-state index in [1.807, 2.05) is 4.90 Å². The Balaban J connectivity index is 2.95. The van der Waals surface area contributed by atoms with E-state index in [9.17, 15) is 4.79 Å². The molecule has 4 heteroatoms. The lowest BCUT2D eigenvalue weighted by Gasteiger charge is -2.23. The van der Waals surface area contributed by atoms with Crippen molar-refractivity contribution in [3.05, 3.63) is 23.8 Å². The average molecular weight is 293 g/mol. The summed E-state index contributed by atoms with van der Waals surface area (Å²) in [7, 11) is 3.18. The minimum absolute atomic E-state index is 0.0383. The van der Waals surface area contributed by atoms with Gasteiger partial charge in [-0.25, -0.2) is 0 Å². The first kappa shape index (κ1) is 17.3. The Bertz CT molecular complexity index is 438. The minimum atomic E-state index is 0.0383. The molecule has 0 heterocycles. The van der Waals surface area contributed by atoms with Crippen molar-refractivity contribution in [1.29, 1.82) is 0 Å². The fraction of sp³-hybridized carbons (Fsp3) is 0.588. The lowest BCUT2D eigenvalue weighted by Crippen LogP contribution is -2.33. The van der Waals surface area contributed by atoms with Crippen LogP contribution in [-0.2, 0) is 0 Å². The van der Waals surface area contributed by atoms with E-state index in [1.54, 1.807) is 32.4 Å². The van der Waals surface area contributed by atoms with Crippen molar-refractivity contribution >= 4 is 5.91 Å². The fourth-order valence-corrected chi connectivity index (χ4v) is 2.16. The number of rotatable bonds is 9. The smallest absolute Gasteiger partial charge is 0.257 e. The van der Waals surface area contributed by atoms with E-state index >= 15 is 0 Å². The van der Waals surface area contributed by atoms with Gasteiger partial charge in [-0.1, -0.05) is 26.7 Å². The summed E-state index contributed by atoms with van der Waals surface area (Å²) in [6.07, 6.45) is 4.20. The Morgan fingerprint density at radius 2 is 1.67 bits per heavy atom. The Morgan fingerprint density at radius 3 is 2.14 bits per heavy atom. The summed E-state index contributed by atoms with van der Waals surface area (Å²) < 4.78 is 10.5. The standard InChI is InChI=1S/C17H27NO3/c1-5-7-11-18(12-8-6-2)17(19)15-10-9-14(20-3)13-16(15)21-4/h9-10,13H,5-8,11-12H2,1-4H3. The zero-order valence-corrected chi connectivity index (χ0v) is 13.6. The van der Waals surface area contributed by atoms with Crippen molar-refractivity contribution in [2.45, 2.75) is 39.5 Å². The molecule has 0 N–H and O–H groups in total. The van der Waals surface area contributed by atoms with Crippen molar-refractivity contribution in [3.63, 3.8) is 0 Å². The SMILES string of the molecule is CCCCN(CCCC)C(=O)c1ccc(OC)cc1OC. The summed E-state index contributed by atoms with van der Waals surface area (Å²) in [5, 5.41) is 0. The maximum atomic E-state index is 12.7. The third-order valence-corrected chi connectivity index (χ3v) is 3.49. The zero-order valence-electron chi connectivity index (χ0n) is 13.6. The second-order valence-corrected chi connectivity index (χ2v) is 5.07. The highest BCUT2D eigenvalue weighted by atomic mass is 16.5. The Labute approximate surface area is 128 Å². The number of unbranched alkanes of at least 4 members (excludes halogenated alkanes) is 2. The fourth-order valence-electron chi connectivity index (χ4n) is 2.16. The number of hydrogen-bond acceptors (Lipinski definition) is 3. The first-order chi connectivity index (χ1) is 10.2. The lowest BCUT2D eigenvalue weighted by molar-refractivity contribution is 0.0747. The Morgan fingerprint density at radius 1 is 1.05 bits per heavy atom. The number of amides is 1. The maximum Gasteiger partial charge on any atom is 0.257 e. The summed E-state index contributed by atoms with van der Waals surface area (Å²) in [6, 6.07) is 5.34. The molecular formula is C17H27NO3. The monoisotopic (exact) mass is 293 g/mol. The van der Waals surface area contributed by atoms with Gasteiger partial charge in [0.2, 0.25) is 0 Å². The van der Waals surface area contributed by atoms with E-state index in [0.29, 0.717) is 17.1 Å². The van der Waals surface area contributed by atoms with Crippen LogP contribution >= 0.6 is 0 Å². The zero-order chi connectivity index (χ0) is 15.7. The minimum Gasteiger partial charge on any atom is -0.497 e. The van der Waals surface area contributed by atoms with E-state index in [-0.39, 0.29) is 5.91 Å². The van der Waals surface area contributed by atoms with Gasteiger partial charge in [-0.15, -0.1) is 0 Å². The predicted octanol–water partition coefficient (Wildman–Crippen LogP) is 3.75. The van der Waals surface area contributed by atoms with E-state index in [0.717, 1.165) is 38.8 Å². The van der Waals surface area contributed by atoms with Gasteiger partial charge in [0.15, 0.2) is 0 Å². The molecule has 4 nitrogen and oxygen atoms in total. The normalized spacial score (nSPS) is 10.3. The number of methoxy groups -OCH3 is 2. The molecule has 21 heavy (non-hydrogen) atoms. The van der Waals surface area contributed by atoms with Crippen molar-refractivity contribution in [2.24, 2.45) is 0 Å². The maximum absolute atomic E-state index is 12.7. The summed E-state index contributed by atoms with van der Waals surface area (Å²) in [5.41, 5.74) is 0.602. The van der Waals surface area contributed by atoms with E-state index in [2.05, 4.69) is 13.8 Å². The number of carbonyl (C=O) groups is 1. The van der Waals surface area contributed by atoms with Crippen molar-refractivity contribution < 1.29 is 14.3 Å². The highest BCUT2D eigenvalue weighted by molar-refractivity contribution is 5.97. The second kappa shape index (κ2) is 9.27. The van der Waals surface area contributed by atoms with E-state index in [4.69, 9.17) is 9.47 Å². The molecule has 1 rings (SSSR count). The molecule has 0 unspecified atom stereocenters. The summed E-state index contributed by atoms with van der Waals surface area (Å²) in [5.74, 6) is 1.30. The molecule has 0 aliphatic heterocycles. The van der Waals surface area contributed by atoms with Crippen LogP contribution in [0.4, 0.5) is 0 Å². The number of benzene rings is 1. The third kappa shape index (κ3) is 4.96. The molecule has 0 saturated carbocycles. The van der Waals surface area contributed by atoms with Gasteiger partial charge in [0.05, 0.1) is 19.8 Å². The highest BCUT2D eigenvalue weighted by Crippen LogP contribution is 2.26. The van der Waals surface area contributed by atoms with Gasteiger partial charge in [-0.3, -0.25) is 4.79 Å². The van der Waals surface area contributed by atoms with Crippen LogP contribution in [0, 0.1) is 0 Å². The van der Waals surface area contributed by atoms with Crippen molar-refractivity contribution in [3.8, 4) is 11.5 Å². The third-order valence-electron chi connectivity index (χ3n) is 3.49. The van der Waals surface area contributed by atoms with Gasteiger partial charge in [0.25, 0.3) is 5.91 Å². The Hall–Kier alpha value is -1.71. The van der Waals surface area contributed by atoms with Gasteiger partial charge in [-0.2, -0.15) is 0 Å².